The molecule has 0 radical (unpaired) electrons. The van der Waals surface area contributed by atoms with Crippen LogP contribution in [0.15, 0.2) is 56.5 Å². The van der Waals surface area contributed by atoms with Gasteiger partial charge in [-0.15, -0.1) is 0 Å². The SMILES string of the molecule is Cc1cc(Br)cc(Br)c1OCC(=O)N/N=C/CCc1ccccc1. The second-order valence-electron chi connectivity index (χ2n) is 5.19. The van der Waals surface area contributed by atoms with Crippen LogP contribution in [-0.4, -0.2) is 18.7 Å². The summed E-state index contributed by atoms with van der Waals surface area (Å²) in [4.78, 5) is 11.8. The van der Waals surface area contributed by atoms with Crippen molar-refractivity contribution in [3.05, 3.63) is 62.5 Å². The molecule has 2 rings (SSSR count). The van der Waals surface area contributed by atoms with Crippen molar-refractivity contribution in [2.45, 2.75) is 19.8 Å². The number of hydrazone groups is 1. The zero-order valence-electron chi connectivity index (χ0n) is 13.3. The van der Waals surface area contributed by atoms with Crippen molar-refractivity contribution in [2.24, 2.45) is 5.10 Å². The molecular weight excluding hydrogens is 436 g/mol. The Labute approximate surface area is 158 Å². The average Bonchev–Trinajstić information content (AvgIpc) is 2.54. The molecule has 6 heteroatoms. The molecule has 0 spiro atoms. The highest BCUT2D eigenvalue weighted by Crippen LogP contribution is 2.32. The van der Waals surface area contributed by atoms with E-state index >= 15 is 0 Å². The van der Waals surface area contributed by atoms with Gasteiger partial charge in [-0.1, -0.05) is 46.3 Å². The second kappa shape index (κ2) is 9.59. The van der Waals surface area contributed by atoms with Crippen molar-refractivity contribution in [1.29, 1.82) is 0 Å². The summed E-state index contributed by atoms with van der Waals surface area (Å²) in [5.74, 6) is 0.363. The number of rotatable bonds is 7. The van der Waals surface area contributed by atoms with Crippen LogP contribution in [0, 0.1) is 6.92 Å². The zero-order valence-corrected chi connectivity index (χ0v) is 16.4. The first kappa shape index (κ1) is 18.7. The van der Waals surface area contributed by atoms with Gasteiger partial charge < -0.3 is 4.74 Å². The minimum Gasteiger partial charge on any atom is -0.482 e. The summed E-state index contributed by atoms with van der Waals surface area (Å²) in [6.07, 6.45) is 3.36. The lowest BCUT2D eigenvalue weighted by atomic mass is 10.1. The number of hydrogen-bond acceptors (Lipinski definition) is 3. The molecule has 24 heavy (non-hydrogen) atoms. The van der Waals surface area contributed by atoms with Gasteiger partial charge in [-0.25, -0.2) is 5.43 Å². The van der Waals surface area contributed by atoms with E-state index in [1.54, 1.807) is 6.21 Å². The highest BCUT2D eigenvalue weighted by molar-refractivity contribution is 9.11. The van der Waals surface area contributed by atoms with Gasteiger partial charge in [-0.2, -0.15) is 5.10 Å². The highest BCUT2D eigenvalue weighted by Gasteiger charge is 2.09. The lowest BCUT2D eigenvalue weighted by Crippen LogP contribution is -2.24. The fourth-order valence-corrected chi connectivity index (χ4v) is 3.65. The minimum absolute atomic E-state index is 0.0862. The quantitative estimate of drug-likeness (QED) is 0.490. The van der Waals surface area contributed by atoms with Crippen LogP contribution >= 0.6 is 31.9 Å². The number of benzene rings is 2. The molecule has 0 aromatic heterocycles. The Morgan fingerprint density at radius 3 is 2.71 bits per heavy atom. The number of nitrogens with one attached hydrogen (secondary N) is 1. The topological polar surface area (TPSA) is 50.7 Å². The lowest BCUT2D eigenvalue weighted by molar-refractivity contribution is -0.123. The molecule has 1 N–H and O–H groups in total. The summed E-state index contributed by atoms with van der Waals surface area (Å²) in [5, 5.41) is 3.93. The van der Waals surface area contributed by atoms with Crippen LogP contribution in [-0.2, 0) is 11.2 Å². The molecule has 0 aliphatic rings. The summed E-state index contributed by atoms with van der Waals surface area (Å²) in [6.45, 7) is 1.83. The minimum atomic E-state index is -0.292. The number of carbonyl (C=O) groups is 1. The molecule has 126 valence electrons. The molecule has 0 atom stereocenters. The number of carbonyl (C=O) groups excluding carboxylic acids is 1. The maximum Gasteiger partial charge on any atom is 0.277 e. The summed E-state index contributed by atoms with van der Waals surface area (Å²) in [7, 11) is 0. The van der Waals surface area contributed by atoms with E-state index in [-0.39, 0.29) is 12.5 Å². The first-order valence-electron chi connectivity index (χ1n) is 7.49. The molecule has 2 aromatic carbocycles. The molecule has 0 unspecified atom stereocenters. The normalized spacial score (nSPS) is 10.8. The first-order chi connectivity index (χ1) is 11.6. The van der Waals surface area contributed by atoms with E-state index in [0.29, 0.717) is 5.75 Å². The van der Waals surface area contributed by atoms with Crippen LogP contribution < -0.4 is 10.2 Å². The van der Waals surface area contributed by atoms with Crippen LogP contribution in [0.5, 0.6) is 5.75 Å². The van der Waals surface area contributed by atoms with Crippen molar-refractivity contribution in [3.63, 3.8) is 0 Å². The third-order valence-electron chi connectivity index (χ3n) is 3.23. The summed E-state index contributed by atoms with van der Waals surface area (Å²) in [6, 6.07) is 13.9. The van der Waals surface area contributed by atoms with Gasteiger partial charge in [0.05, 0.1) is 4.47 Å². The second-order valence-corrected chi connectivity index (χ2v) is 6.96. The van der Waals surface area contributed by atoms with Crippen molar-refractivity contribution < 1.29 is 9.53 Å². The van der Waals surface area contributed by atoms with E-state index in [0.717, 1.165) is 27.4 Å². The lowest BCUT2D eigenvalue weighted by Gasteiger charge is -2.10. The van der Waals surface area contributed by atoms with Crippen molar-refractivity contribution in [1.82, 2.24) is 5.43 Å². The van der Waals surface area contributed by atoms with Crippen LogP contribution in [0.2, 0.25) is 0 Å². The first-order valence-corrected chi connectivity index (χ1v) is 9.07. The number of aryl methyl sites for hydroxylation is 2. The number of hydrogen-bond donors (Lipinski definition) is 1. The number of halogens is 2. The predicted molar refractivity (Wildman–Crippen MR) is 103 cm³/mol. The third-order valence-corrected chi connectivity index (χ3v) is 4.27. The summed E-state index contributed by atoms with van der Waals surface area (Å²) in [5.41, 5.74) is 4.66. The zero-order chi connectivity index (χ0) is 17.4. The fraction of sp³-hybridized carbons (Fsp3) is 0.222. The van der Waals surface area contributed by atoms with E-state index < -0.39 is 0 Å². The predicted octanol–water partition coefficient (Wildman–Crippen LogP) is 4.63. The highest BCUT2D eigenvalue weighted by atomic mass is 79.9. The monoisotopic (exact) mass is 452 g/mol. The average molecular weight is 454 g/mol. The Morgan fingerprint density at radius 2 is 2.00 bits per heavy atom. The standard InChI is InChI=1S/C18H18Br2N2O2/c1-13-10-15(19)11-16(20)18(13)24-12-17(23)22-21-9-5-8-14-6-3-2-4-7-14/h2-4,6-7,9-11H,5,8,12H2,1H3,(H,22,23)/b21-9+. The van der Waals surface area contributed by atoms with Gasteiger partial charge in [-0.3, -0.25) is 4.79 Å². The summed E-state index contributed by atoms with van der Waals surface area (Å²) < 4.78 is 7.31. The van der Waals surface area contributed by atoms with Crippen LogP contribution in [0.25, 0.3) is 0 Å². The van der Waals surface area contributed by atoms with E-state index in [4.69, 9.17) is 4.74 Å². The van der Waals surface area contributed by atoms with Gasteiger partial charge >= 0.3 is 0 Å². The molecule has 0 saturated heterocycles. The molecule has 0 heterocycles. The summed E-state index contributed by atoms with van der Waals surface area (Å²) >= 11 is 6.84. The van der Waals surface area contributed by atoms with E-state index in [9.17, 15) is 4.79 Å². The van der Waals surface area contributed by atoms with Crippen LogP contribution in [0.3, 0.4) is 0 Å². The molecule has 2 aromatic rings. The molecule has 0 aliphatic heterocycles. The maximum atomic E-state index is 11.8. The molecule has 0 saturated carbocycles. The number of nitrogens with zero attached hydrogens (tertiary/aromatic N) is 1. The number of amides is 1. The van der Waals surface area contributed by atoms with Gasteiger partial charge in [0.1, 0.15) is 5.75 Å². The van der Waals surface area contributed by atoms with Gasteiger partial charge in [0.15, 0.2) is 6.61 Å². The Morgan fingerprint density at radius 1 is 1.25 bits per heavy atom. The molecule has 0 aliphatic carbocycles. The van der Waals surface area contributed by atoms with Crippen LogP contribution in [0.4, 0.5) is 0 Å². The Kier molecular flexibility index (Phi) is 7.46. The Balaban J connectivity index is 1.73. The van der Waals surface area contributed by atoms with E-state index in [1.165, 1.54) is 5.56 Å². The van der Waals surface area contributed by atoms with Gasteiger partial charge in [0.2, 0.25) is 0 Å². The van der Waals surface area contributed by atoms with E-state index in [1.807, 2.05) is 37.3 Å². The fourth-order valence-electron chi connectivity index (χ4n) is 2.10. The number of ether oxygens (including phenoxy) is 1. The third kappa shape index (κ3) is 6.09. The van der Waals surface area contributed by atoms with Gasteiger partial charge in [0.25, 0.3) is 5.91 Å². The van der Waals surface area contributed by atoms with Gasteiger partial charge in [-0.05, 0) is 59.0 Å². The maximum absolute atomic E-state index is 11.8. The molecule has 1 amide bonds. The van der Waals surface area contributed by atoms with Crippen LogP contribution in [0.1, 0.15) is 17.5 Å². The van der Waals surface area contributed by atoms with E-state index in [2.05, 4.69) is 54.5 Å². The van der Waals surface area contributed by atoms with Crippen molar-refractivity contribution in [2.75, 3.05) is 6.61 Å². The molecule has 0 bridgehead atoms. The molecular formula is C18H18Br2N2O2. The Hall–Kier alpha value is -1.66. The largest absolute Gasteiger partial charge is 0.482 e. The molecule has 4 nitrogen and oxygen atoms in total. The smallest absolute Gasteiger partial charge is 0.277 e. The van der Waals surface area contributed by atoms with Crippen molar-refractivity contribution in [3.8, 4) is 5.75 Å². The van der Waals surface area contributed by atoms with Crippen molar-refractivity contribution >= 4 is 44.0 Å². The Bertz CT molecular complexity index is 695. The molecule has 0 fully saturated rings. The van der Waals surface area contributed by atoms with Gasteiger partial charge in [0, 0.05) is 10.7 Å².